The molecule has 1 rings (SSSR count). The van der Waals surface area contributed by atoms with Crippen molar-refractivity contribution in [3.05, 3.63) is 27.8 Å². The number of hydrogen-bond donors (Lipinski definition) is 2. The molecule has 1 aromatic rings. The molecule has 0 saturated heterocycles. The first kappa shape index (κ1) is 13.8. The number of phenolic OH excluding ortho intramolecular Hbond substituents is 1. The predicted molar refractivity (Wildman–Crippen MR) is 68.0 cm³/mol. The Morgan fingerprint density at radius 1 is 1.35 bits per heavy atom. The van der Waals surface area contributed by atoms with Gasteiger partial charge in [-0.25, -0.2) is 0 Å². The summed E-state index contributed by atoms with van der Waals surface area (Å²) in [5, 5.41) is 19.7. The zero-order valence-corrected chi connectivity index (χ0v) is 11.2. The molecule has 94 valence electrons. The largest absolute Gasteiger partial charge is 0.507 e. The Bertz CT molecular complexity index is 452. The van der Waals surface area contributed by atoms with Crippen molar-refractivity contribution in [3.8, 4) is 5.75 Å². The molecule has 1 aromatic carbocycles. The second-order valence-corrected chi connectivity index (χ2v) is 4.96. The fraction of sp³-hybridized carbons (Fsp3) is 0.462. The molecule has 0 bridgehead atoms. The van der Waals surface area contributed by atoms with Crippen molar-refractivity contribution in [1.29, 1.82) is 0 Å². The van der Waals surface area contributed by atoms with Gasteiger partial charge in [0.25, 0.3) is 0 Å². The third-order valence-electron chi connectivity index (χ3n) is 3.00. The zero-order valence-electron chi connectivity index (χ0n) is 10.4. The number of aliphatic carboxylic acids is 1. The van der Waals surface area contributed by atoms with Crippen molar-refractivity contribution in [1.82, 2.24) is 0 Å². The number of carboxylic acids is 1. The number of carboxylic acid groups (broad SMARTS) is 1. The number of benzene rings is 1. The first-order chi connectivity index (χ1) is 7.77. The zero-order chi connectivity index (χ0) is 13.3. The molecule has 1 atom stereocenters. The van der Waals surface area contributed by atoms with Crippen molar-refractivity contribution in [2.24, 2.45) is 0 Å². The highest BCUT2D eigenvalue weighted by atomic mass is 35.5. The van der Waals surface area contributed by atoms with Crippen LogP contribution in [0.15, 0.2) is 6.07 Å². The van der Waals surface area contributed by atoms with E-state index in [2.05, 4.69) is 0 Å². The quantitative estimate of drug-likeness (QED) is 0.868. The Balaban J connectivity index is 3.52. The van der Waals surface area contributed by atoms with Crippen LogP contribution in [0.3, 0.4) is 0 Å². The van der Waals surface area contributed by atoms with Crippen molar-refractivity contribution >= 4 is 17.6 Å². The summed E-state index contributed by atoms with van der Waals surface area (Å²) in [6.45, 7) is 7.12. The summed E-state index contributed by atoms with van der Waals surface area (Å²) in [6, 6.07) is 1.70. The van der Waals surface area contributed by atoms with E-state index in [1.807, 2.05) is 13.8 Å². The maximum Gasteiger partial charge on any atom is 0.310 e. The molecule has 1 unspecified atom stereocenters. The molecule has 0 heterocycles. The van der Waals surface area contributed by atoms with Crippen LogP contribution in [-0.2, 0) is 4.79 Å². The number of phenols is 1. The fourth-order valence-corrected chi connectivity index (χ4v) is 2.09. The fourth-order valence-electron chi connectivity index (χ4n) is 1.87. The van der Waals surface area contributed by atoms with Crippen LogP contribution in [0.4, 0.5) is 0 Å². The van der Waals surface area contributed by atoms with E-state index in [1.54, 1.807) is 19.9 Å². The Morgan fingerprint density at radius 2 is 1.88 bits per heavy atom. The Kier molecular flexibility index (Phi) is 4.04. The normalized spacial score (nSPS) is 12.8. The van der Waals surface area contributed by atoms with Gasteiger partial charge in [0.2, 0.25) is 0 Å². The lowest BCUT2D eigenvalue weighted by atomic mass is 9.89. The number of aromatic hydroxyl groups is 1. The molecular formula is C13H17ClO3. The standard InChI is InChI=1S/C13H17ClO3/c1-6(2)9-5-10(14)7(3)11(12(9)15)8(4)13(16)17/h5-6,8,15H,1-4H3,(H,16,17). The van der Waals surface area contributed by atoms with E-state index in [-0.39, 0.29) is 11.7 Å². The molecule has 0 aromatic heterocycles. The van der Waals surface area contributed by atoms with Gasteiger partial charge in [0.1, 0.15) is 5.75 Å². The van der Waals surface area contributed by atoms with E-state index in [0.29, 0.717) is 21.7 Å². The Morgan fingerprint density at radius 3 is 2.29 bits per heavy atom. The molecule has 0 aliphatic rings. The lowest BCUT2D eigenvalue weighted by Crippen LogP contribution is -2.10. The van der Waals surface area contributed by atoms with E-state index in [0.717, 1.165) is 0 Å². The summed E-state index contributed by atoms with van der Waals surface area (Å²) in [5.41, 5.74) is 1.72. The summed E-state index contributed by atoms with van der Waals surface area (Å²) in [5.74, 6) is -1.60. The van der Waals surface area contributed by atoms with Crippen molar-refractivity contribution in [2.75, 3.05) is 0 Å². The molecule has 17 heavy (non-hydrogen) atoms. The van der Waals surface area contributed by atoms with Crippen molar-refractivity contribution in [2.45, 2.75) is 39.5 Å². The lowest BCUT2D eigenvalue weighted by molar-refractivity contribution is -0.138. The number of hydrogen-bond acceptors (Lipinski definition) is 2. The lowest BCUT2D eigenvalue weighted by Gasteiger charge is -2.19. The van der Waals surface area contributed by atoms with Gasteiger partial charge in [-0.3, -0.25) is 4.79 Å². The van der Waals surface area contributed by atoms with Crippen molar-refractivity contribution in [3.63, 3.8) is 0 Å². The van der Waals surface area contributed by atoms with Gasteiger partial charge in [0.05, 0.1) is 5.92 Å². The van der Waals surface area contributed by atoms with Gasteiger partial charge in [-0.15, -0.1) is 0 Å². The summed E-state index contributed by atoms with van der Waals surface area (Å²) in [7, 11) is 0. The van der Waals surface area contributed by atoms with Gasteiger partial charge in [0.15, 0.2) is 0 Å². The Hall–Kier alpha value is -1.22. The molecule has 3 nitrogen and oxygen atoms in total. The van der Waals surface area contributed by atoms with Gasteiger partial charge in [-0.2, -0.15) is 0 Å². The van der Waals surface area contributed by atoms with Gasteiger partial charge in [-0.1, -0.05) is 25.4 Å². The van der Waals surface area contributed by atoms with Gasteiger partial charge in [-0.05, 0) is 37.0 Å². The molecule has 2 N–H and O–H groups in total. The topological polar surface area (TPSA) is 57.5 Å². The summed E-state index contributed by atoms with van der Waals surface area (Å²) < 4.78 is 0. The average Bonchev–Trinajstić information content (AvgIpc) is 2.22. The highest BCUT2D eigenvalue weighted by Crippen LogP contribution is 2.39. The molecule has 0 amide bonds. The SMILES string of the molecule is Cc1c(Cl)cc(C(C)C)c(O)c1C(C)C(=O)O. The van der Waals surface area contributed by atoms with Crippen LogP contribution in [0.25, 0.3) is 0 Å². The maximum atomic E-state index is 11.0. The van der Waals surface area contributed by atoms with Crippen LogP contribution >= 0.6 is 11.6 Å². The van der Waals surface area contributed by atoms with Crippen molar-refractivity contribution < 1.29 is 15.0 Å². The predicted octanol–water partition coefficient (Wildman–Crippen LogP) is 3.67. The van der Waals surface area contributed by atoms with Crippen LogP contribution in [0, 0.1) is 6.92 Å². The van der Waals surface area contributed by atoms with Crippen LogP contribution < -0.4 is 0 Å². The smallest absolute Gasteiger partial charge is 0.310 e. The minimum absolute atomic E-state index is 0.0526. The van der Waals surface area contributed by atoms with Crippen LogP contribution in [0.5, 0.6) is 5.75 Å². The van der Waals surface area contributed by atoms with E-state index >= 15 is 0 Å². The summed E-state index contributed by atoms with van der Waals surface area (Å²) >= 11 is 6.08. The first-order valence-corrected chi connectivity index (χ1v) is 5.89. The van der Waals surface area contributed by atoms with Gasteiger partial charge >= 0.3 is 5.97 Å². The number of carbonyl (C=O) groups is 1. The third-order valence-corrected chi connectivity index (χ3v) is 3.39. The summed E-state index contributed by atoms with van der Waals surface area (Å²) in [6.07, 6.45) is 0. The highest BCUT2D eigenvalue weighted by molar-refractivity contribution is 6.31. The van der Waals surface area contributed by atoms with E-state index < -0.39 is 11.9 Å². The van der Waals surface area contributed by atoms with E-state index in [4.69, 9.17) is 16.7 Å². The molecule has 0 aliphatic heterocycles. The summed E-state index contributed by atoms with van der Waals surface area (Å²) in [4.78, 5) is 11.0. The van der Waals surface area contributed by atoms with Gasteiger partial charge < -0.3 is 10.2 Å². The van der Waals surface area contributed by atoms with E-state index in [1.165, 1.54) is 0 Å². The molecule has 0 radical (unpaired) electrons. The second kappa shape index (κ2) is 4.96. The average molecular weight is 257 g/mol. The molecule has 0 spiro atoms. The minimum atomic E-state index is -0.972. The number of halogens is 1. The minimum Gasteiger partial charge on any atom is -0.507 e. The van der Waals surface area contributed by atoms with Gasteiger partial charge in [0, 0.05) is 10.6 Å². The Labute approximate surface area is 106 Å². The molecule has 0 saturated carbocycles. The van der Waals surface area contributed by atoms with E-state index in [9.17, 15) is 9.90 Å². The van der Waals surface area contributed by atoms with Crippen LogP contribution in [0.1, 0.15) is 49.3 Å². The van der Waals surface area contributed by atoms with Crippen LogP contribution in [-0.4, -0.2) is 16.2 Å². The first-order valence-electron chi connectivity index (χ1n) is 5.52. The number of rotatable bonds is 3. The molecule has 0 aliphatic carbocycles. The second-order valence-electron chi connectivity index (χ2n) is 4.55. The molecule has 0 fully saturated rings. The van der Waals surface area contributed by atoms with Crippen LogP contribution in [0.2, 0.25) is 5.02 Å². The third kappa shape index (κ3) is 2.55. The molecule has 4 heteroatoms. The maximum absolute atomic E-state index is 11.0. The molecular weight excluding hydrogens is 240 g/mol. The highest BCUT2D eigenvalue weighted by Gasteiger charge is 2.24. The monoisotopic (exact) mass is 256 g/mol.